The molecule has 2 aromatic rings. The number of carbonyl (C=O) groups excluding carboxylic acids is 1. The van der Waals surface area contributed by atoms with Gasteiger partial charge in [0.15, 0.2) is 5.78 Å². The van der Waals surface area contributed by atoms with E-state index in [0.717, 1.165) is 0 Å². The molecule has 0 saturated carbocycles. The molecular formula is C16H15NO3. The molecule has 4 heteroatoms. The number of carboxylic acids is 1. The van der Waals surface area contributed by atoms with Crippen LogP contribution in [0.4, 0.5) is 5.69 Å². The third kappa shape index (κ3) is 2.69. The summed E-state index contributed by atoms with van der Waals surface area (Å²) in [5.74, 6) is -1.87. The van der Waals surface area contributed by atoms with E-state index in [1.165, 1.54) is 0 Å². The summed E-state index contributed by atoms with van der Waals surface area (Å²) in [6.45, 7) is 1.55. The van der Waals surface area contributed by atoms with Gasteiger partial charge < -0.3 is 10.8 Å². The zero-order valence-electron chi connectivity index (χ0n) is 11.0. The highest BCUT2D eigenvalue weighted by molar-refractivity contribution is 6.09. The molecule has 0 aromatic heterocycles. The van der Waals surface area contributed by atoms with E-state index in [1.807, 2.05) is 6.07 Å². The van der Waals surface area contributed by atoms with Gasteiger partial charge in [0, 0.05) is 16.8 Å². The van der Waals surface area contributed by atoms with E-state index in [0.29, 0.717) is 22.4 Å². The molecule has 0 spiro atoms. The maximum absolute atomic E-state index is 12.3. The van der Waals surface area contributed by atoms with Gasteiger partial charge in [-0.25, -0.2) is 0 Å². The van der Waals surface area contributed by atoms with Crippen molar-refractivity contribution in [2.24, 2.45) is 0 Å². The fourth-order valence-electron chi connectivity index (χ4n) is 1.98. The normalized spacial score (nSPS) is 11.8. The number of hydrogen-bond donors (Lipinski definition) is 2. The molecule has 0 saturated heterocycles. The van der Waals surface area contributed by atoms with Gasteiger partial charge in [0.25, 0.3) is 0 Å². The minimum atomic E-state index is -0.971. The Hall–Kier alpha value is -2.62. The van der Waals surface area contributed by atoms with Crippen molar-refractivity contribution < 1.29 is 14.7 Å². The molecule has 0 heterocycles. The van der Waals surface area contributed by atoms with Crippen molar-refractivity contribution in [3.63, 3.8) is 0 Å². The van der Waals surface area contributed by atoms with Crippen LogP contribution < -0.4 is 5.73 Å². The molecular weight excluding hydrogens is 254 g/mol. The minimum Gasteiger partial charge on any atom is -0.481 e. The van der Waals surface area contributed by atoms with E-state index in [9.17, 15) is 9.59 Å². The quantitative estimate of drug-likeness (QED) is 0.660. The Kier molecular flexibility index (Phi) is 3.84. The average Bonchev–Trinajstić information content (AvgIpc) is 2.47. The molecule has 0 aliphatic rings. The number of rotatable bonds is 4. The Morgan fingerprint density at radius 3 is 2.30 bits per heavy atom. The van der Waals surface area contributed by atoms with Gasteiger partial charge in [-0.2, -0.15) is 0 Å². The summed E-state index contributed by atoms with van der Waals surface area (Å²) in [5.41, 5.74) is 7.63. The van der Waals surface area contributed by atoms with Gasteiger partial charge in [0.05, 0.1) is 5.92 Å². The van der Waals surface area contributed by atoms with Gasteiger partial charge in [0.1, 0.15) is 0 Å². The summed E-state index contributed by atoms with van der Waals surface area (Å²) < 4.78 is 0. The summed E-state index contributed by atoms with van der Waals surface area (Å²) in [5, 5.41) is 9.07. The second-order valence-corrected chi connectivity index (χ2v) is 4.60. The van der Waals surface area contributed by atoms with Crippen LogP contribution in [0.3, 0.4) is 0 Å². The molecule has 1 atom stereocenters. The first-order valence-corrected chi connectivity index (χ1v) is 6.22. The Bertz CT molecular complexity index is 650. The number of ketones is 1. The zero-order valence-corrected chi connectivity index (χ0v) is 11.0. The van der Waals surface area contributed by atoms with Gasteiger partial charge in [-0.15, -0.1) is 0 Å². The molecule has 20 heavy (non-hydrogen) atoms. The van der Waals surface area contributed by atoms with Gasteiger partial charge in [-0.05, 0) is 30.7 Å². The molecule has 0 radical (unpaired) electrons. The lowest BCUT2D eigenvalue weighted by molar-refractivity contribution is -0.138. The topological polar surface area (TPSA) is 80.4 Å². The van der Waals surface area contributed by atoms with Crippen molar-refractivity contribution in [1.82, 2.24) is 0 Å². The summed E-state index contributed by atoms with van der Waals surface area (Å²) >= 11 is 0. The third-order valence-electron chi connectivity index (χ3n) is 3.22. The van der Waals surface area contributed by atoms with Crippen LogP contribution in [0, 0.1) is 0 Å². The number of aliphatic carboxylic acids is 1. The van der Waals surface area contributed by atoms with Crippen molar-refractivity contribution >= 4 is 17.4 Å². The number of hydrogen-bond acceptors (Lipinski definition) is 3. The molecule has 0 aliphatic carbocycles. The first kappa shape index (κ1) is 13.8. The molecule has 0 bridgehead atoms. The number of carboxylic acid groups (broad SMARTS) is 1. The minimum absolute atomic E-state index is 0.149. The van der Waals surface area contributed by atoms with E-state index < -0.39 is 11.9 Å². The van der Waals surface area contributed by atoms with Crippen LogP contribution in [0.5, 0.6) is 0 Å². The molecule has 2 aromatic carbocycles. The Labute approximate surface area is 116 Å². The van der Waals surface area contributed by atoms with E-state index in [4.69, 9.17) is 10.8 Å². The third-order valence-corrected chi connectivity index (χ3v) is 3.22. The zero-order chi connectivity index (χ0) is 14.7. The highest BCUT2D eigenvalue weighted by atomic mass is 16.4. The van der Waals surface area contributed by atoms with Gasteiger partial charge in [0.2, 0.25) is 0 Å². The first-order valence-electron chi connectivity index (χ1n) is 6.22. The van der Waals surface area contributed by atoms with Crippen molar-refractivity contribution in [1.29, 1.82) is 0 Å². The standard InChI is InChI=1S/C16H15NO3/c1-10(16(19)20)13-9-12(7-8-14(13)17)15(18)11-5-3-2-4-6-11/h2-10H,17H2,1H3,(H,19,20). The van der Waals surface area contributed by atoms with Gasteiger partial charge in [-0.1, -0.05) is 30.3 Å². The molecule has 2 rings (SSSR count). The fraction of sp³-hybridized carbons (Fsp3) is 0.125. The van der Waals surface area contributed by atoms with E-state index >= 15 is 0 Å². The number of anilines is 1. The highest BCUT2D eigenvalue weighted by Gasteiger charge is 2.19. The predicted molar refractivity (Wildman–Crippen MR) is 76.8 cm³/mol. The van der Waals surface area contributed by atoms with Crippen molar-refractivity contribution in [2.75, 3.05) is 5.73 Å². The first-order chi connectivity index (χ1) is 9.50. The summed E-state index contributed by atoms with van der Waals surface area (Å²) in [4.78, 5) is 23.4. The van der Waals surface area contributed by atoms with Crippen LogP contribution in [0.2, 0.25) is 0 Å². The SMILES string of the molecule is CC(C(=O)O)c1cc(C(=O)c2ccccc2)ccc1N. The Balaban J connectivity index is 2.42. The lowest BCUT2D eigenvalue weighted by Gasteiger charge is -2.12. The van der Waals surface area contributed by atoms with Crippen molar-refractivity contribution in [3.8, 4) is 0 Å². The molecule has 1 unspecified atom stereocenters. The maximum Gasteiger partial charge on any atom is 0.310 e. The number of nitrogen functional groups attached to an aromatic ring is 1. The highest BCUT2D eigenvalue weighted by Crippen LogP contribution is 2.24. The molecule has 0 aliphatic heterocycles. The Morgan fingerprint density at radius 2 is 1.70 bits per heavy atom. The number of carbonyl (C=O) groups is 2. The second kappa shape index (κ2) is 5.57. The molecule has 102 valence electrons. The number of nitrogens with two attached hydrogens (primary N) is 1. The van der Waals surface area contributed by atoms with Crippen molar-refractivity contribution in [3.05, 3.63) is 65.2 Å². The van der Waals surface area contributed by atoms with Gasteiger partial charge in [-0.3, -0.25) is 9.59 Å². The van der Waals surface area contributed by atoms with Crippen LogP contribution in [-0.2, 0) is 4.79 Å². The van der Waals surface area contributed by atoms with Crippen LogP contribution in [-0.4, -0.2) is 16.9 Å². The number of benzene rings is 2. The predicted octanol–water partition coefficient (Wildman–Crippen LogP) is 2.69. The largest absolute Gasteiger partial charge is 0.481 e. The van der Waals surface area contributed by atoms with Crippen LogP contribution in [0.25, 0.3) is 0 Å². The molecule has 4 nitrogen and oxygen atoms in total. The summed E-state index contributed by atoms with van der Waals surface area (Å²) in [6.07, 6.45) is 0. The molecule has 0 amide bonds. The molecule has 0 fully saturated rings. The Morgan fingerprint density at radius 1 is 1.05 bits per heavy atom. The smallest absolute Gasteiger partial charge is 0.310 e. The summed E-state index contributed by atoms with van der Waals surface area (Å²) in [7, 11) is 0. The molecule has 3 N–H and O–H groups in total. The van der Waals surface area contributed by atoms with E-state index in [2.05, 4.69) is 0 Å². The van der Waals surface area contributed by atoms with E-state index in [1.54, 1.807) is 49.4 Å². The monoisotopic (exact) mass is 269 g/mol. The second-order valence-electron chi connectivity index (χ2n) is 4.60. The lowest BCUT2D eigenvalue weighted by Crippen LogP contribution is -2.11. The average molecular weight is 269 g/mol. The summed E-state index contributed by atoms with van der Waals surface area (Å²) in [6, 6.07) is 13.6. The lowest BCUT2D eigenvalue weighted by atomic mass is 9.94. The van der Waals surface area contributed by atoms with Crippen molar-refractivity contribution in [2.45, 2.75) is 12.8 Å². The van der Waals surface area contributed by atoms with Crippen LogP contribution in [0.1, 0.15) is 34.3 Å². The van der Waals surface area contributed by atoms with Crippen LogP contribution >= 0.6 is 0 Å². The maximum atomic E-state index is 12.3. The fourth-order valence-corrected chi connectivity index (χ4v) is 1.98. The van der Waals surface area contributed by atoms with Crippen LogP contribution in [0.15, 0.2) is 48.5 Å². The van der Waals surface area contributed by atoms with Gasteiger partial charge >= 0.3 is 5.97 Å². The van der Waals surface area contributed by atoms with E-state index in [-0.39, 0.29) is 5.78 Å².